The molecule has 0 saturated heterocycles. The molecule has 0 spiro atoms. The maximum atomic E-state index is 7.57. The molecule has 8 heavy (non-hydrogen) atoms. The monoisotopic (exact) mass is 120 g/mol. The molecule has 0 aromatic rings. The van der Waals surface area contributed by atoms with Crippen molar-refractivity contribution >= 4 is 0 Å². The standard InChI is InChI=1S/C3H10N2.C2H6O/c1-2-3(4)5;1-2-3/h3H,2,4-5H2,1H3;3H,2H2,1H3. The highest BCUT2D eigenvalue weighted by Crippen LogP contribution is 1.68. The second-order valence-electron chi connectivity index (χ2n) is 1.39. The van der Waals surface area contributed by atoms with E-state index in [1.54, 1.807) is 6.92 Å². The third kappa shape index (κ3) is 39.6. The van der Waals surface area contributed by atoms with Crippen molar-refractivity contribution in [2.75, 3.05) is 6.61 Å². The highest BCUT2D eigenvalue weighted by molar-refractivity contribution is 4.40. The van der Waals surface area contributed by atoms with E-state index in [2.05, 4.69) is 0 Å². The molecule has 0 aromatic heterocycles. The Balaban J connectivity index is 0. The molecular formula is C5H16N2O. The number of hydrogen-bond acceptors (Lipinski definition) is 3. The van der Waals surface area contributed by atoms with Gasteiger partial charge in [0.15, 0.2) is 0 Å². The third-order valence-electron chi connectivity index (χ3n) is 0.471. The summed E-state index contributed by atoms with van der Waals surface area (Å²) in [6, 6.07) is 0. The number of nitrogens with two attached hydrogens (primary N) is 2. The Morgan fingerprint density at radius 1 is 1.38 bits per heavy atom. The Bertz CT molecular complexity index is 31.6. The van der Waals surface area contributed by atoms with Crippen LogP contribution in [0.25, 0.3) is 0 Å². The van der Waals surface area contributed by atoms with Gasteiger partial charge in [-0.25, -0.2) is 0 Å². The van der Waals surface area contributed by atoms with E-state index in [1.165, 1.54) is 0 Å². The minimum absolute atomic E-state index is 0.116. The zero-order valence-electron chi connectivity index (χ0n) is 5.59. The lowest BCUT2D eigenvalue weighted by Crippen LogP contribution is -2.28. The Morgan fingerprint density at radius 2 is 1.50 bits per heavy atom. The normalized spacial score (nSPS) is 8.25. The minimum atomic E-state index is -0.116. The fourth-order valence-corrected chi connectivity index (χ4v) is 0. The van der Waals surface area contributed by atoms with Crippen LogP contribution in [0.4, 0.5) is 0 Å². The van der Waals surface area contributed by atoms with Gasteiger partial charge in [0.25, 0.3) is 0 Å². The van der Waals surface area contributed by atoms with Crippen LogP contribution in [0, 0.1) is 0 Å². The smallest absolute Gasteiger partial charge is 0.0518 e. The molecule has 0 aliphatic rings. The van der Waals surface area contributed by atoms with Gasteiger partial charge < -0.3 is 16.6 Å². The van der Waals surface area contributed by atoms with Gasteiger partial charge >= 0.3 is 0 Å². The average Bonchev–Trinajstić information content (AvgIpc) is 1.69. The summed E-state index contributed by atoms with van der Waals surface area (Å²) in [5.41, 5.74) is 10.1. The van der Waals surface area contributed by atoms with Gasteiger partial charge in [-0.3, -0.25) is 0 Å². The first kappa shape index (κ1) is 10.8. The molecule has 3 heteroatoms. The molecular weight excluding hydrogens is 104 g/mol. The lowest BCUT2D eigenvalue weighted by Gasteiger charge is -1.92. The average molecular weight is 120 g/mol. The number of aliphatic hydroxyl groups excluding tert-OH is 1. The molecule has 52 valence electrons. The summed E-state index contributed by atoms with van der Waals surface area (Å²) in [5.74, 6) is 0. The molecule has 0 fully saturated rings. The van der Waals surface area contributed by atoms with Crippen molar-refractivity contribution < 1.29 is 5.11 Å². The predicted octanol–water partition coefficient (Wildman–Crippen LogP) is -0.362. The number of aliphatic hydroxyl groups is 1. The van der Waals surface area contributed by atoms with Crippen LogP contribution in [-0.4, -0.2) is 17.9 Å². The van der Waals surface area contributed by atoms with Crippen LogP contribution in [0.1, 0.15) is 20.3 Å². The van der Waals surface area contributed by atoms with Crippen LogP contribution >= 0.6 is 0 Å². The molecule has 0 atom stereocenters. The maximum Gasteiger partial charge on any atom is 0.0518 e. The fourth-order valence-electron chi connectivity index (χ4n) is 0. The van der Waals surface area contributed by atoms with Crippen LogP contribution in [0.3, 0.4) is 0 Å². The molecule has 0 amide bonds. The molecule has 0 unspecified atom stereocenters. The zero-order valence-corrected chi connectivity index (χ0v) is 5.59. The van der Waals surface area contributed by atoms with Crippen molar-refractivity contribution in [3.63, 3.8) is 0 Å². The second-order valence-corrected chi connectivity index (χ2v) is 1.39. The predicted molar refractivity (Wildman–Crippen MR) is 35.2 cm³/mol. The van der Waals surface area contributed by atoms with Gasteiger partial charge in [0.1, 0.15) is 0 Å². The Kier molecular flexibility index (Phi) is 13.5. The Hall–Kier alpha value is -0.120. The maximum absolute atomic E-state index is 7.57. The van der Waals surface area contributed by atoms with Crippen LogP contribution in [0.15, 0.2) is 0 Å². The van der Waals surface area contributed by atoms with Crippen LogP contribution in [0.5, 0.6) is 0 Å². The first-order valence-corrected chi connectivity index (χ1v) is 2.81. The van der Waals surface area contributed by atoms with Crippen LogP contribution in [-0.2, 0) is 0 Å². The highest BCUT2D eigenvalue weighted by atomic mass is 16.2. The summed E-state index contributed by atoms with van der Waals surface area (Å²) in [4.78, 5) is 0. The van der Waals surface area contributed by atoms with Crippen molar-refractivity contribution in [1.82, 2.24) is 0 Å². The molecule has 0 heterocycles. The SMILES string of the molecule is CCC(N)N.CCO. The molecule has 3 nitrogen and oxygen atoms in total. The summed E-state index contributed by atoms with van der Waals surface area (Å²) >= 11 is 0. The Morgan fingerprint density at radius 3 is 1.50 bits per heavy atom. The molecule has 0 rings (SSSR count). The second kappa shape index (κ2) is 9.99. The van der Waals surface area contributed by atoms with E-state index in [0.717, 1.165) is 6.42 Å². The van der Waals surface area contributed by atoms with E-state index in [4.69, 9.17) is 16.6 Å². The van der Waals surface area contributed by atoms with Crippen LogP contribution in [0.2, 0.25) is 0 Å². The van der Waals surface area contributed by atoms with Gasteiger partial charge in [-0.05, 0) is 13.3 Å². The molecule has 0 saturated carbocycles. The summed E-state index contributed by atoms with van der Waals surface area (Å²) in [6.07, 6.45) is 0.745. The largest absolute Gasteiger partial charge is 0.397 e. The lowest BCUT2D eigenvalue weighted by atomic mass is 10.4. The van der Waals surface area contributed by atoms with Gasteiger partial charge in [-0.1, -0.05) is 6.92 Å². The van der Waals surface area contributed by atoms with Gasteiger partial charge in [-0.15, -0.1) is 0 Å². The molecule has 0 radical (unpaired) electrons. The lowest BCUT2D eigenvalue weighted by molar-refractivity contribution is 0.318. The van der Waals surface area contributed by atoms with Gasteiger partial charge in [0.2, 0.25) is 0 Å². The molecule has 5 N–H and O–H groups in total. The van der Waals surface area contributed by atoms with Crippen molar-refractivity contribution in [2.45, 2.75) is 26.4 Å². The fraction of sp³-hybridized carbons (Fsp3) is 1.00. The van der Waals surface area contributed by atoms with Crippen molar-refractivity contribution in [1.29, 1.82) is 0 Å². The van der Waals surface area contributed by atoms with E-state index in [-0.39, 0.29) is 12.8 Å². The zero-order chi connectivity index (χ0) is 6.99. The molecule has 0 aliphatic heterocycles. The summed E-state index contributed by atoms with van der Waals surface area (Å²) in [5, 5.41) is 7.57. The van der Waals surface area contributed by atoms with E-state index in [0.29, 0.717) is 0 Å². The third-order valence-corrected chi connectivity index (χ3v) is 0.471. The first-order valence-electron chi connectivity index (χ1n) is 2.81. The number of rotatable bonds is 1. The quantitative estimate of drug-likeness (QED) is 0.414. The molecule has 0 aromatic carbocycles. The minimum Gasteiger partial charge on any atom is -0.397 e. The first-order chi connectivity index (χ1) is 3.68. The molecule has 0 aliphatic carbocycles. The van der Waals surface area contributed by atoms with Gasteiger partial charge in [-0.2, -0.15) is 0 Å². The number of hydrogen-bond donors (Lipinski definition) is 3. The van der Waals surface area contributed by atoms with Crippen LogP contribution < -0.4 is 11.5 Å². The van der Waals surface area contributed by atoms with E-state index >= 15 is 0 Å². The van der Waals surface area contributed by atoms with Crippen molar-refractivity contribution in [3.8, 4) is 0 Å². The summed E-state index contributed by atoms with van der Waals surface area (Å²) in [6.45, 7) is 3.88. The highest BCUT2D eigenvalue weighted by Gasteiger charge is 1.79. The topological polar surface area (TPSA) is 72.3 Å². The molecule has 0 bridgehead atoms. The van der Waals surface area contributed by atoms with Gasteiger partial charge in [0.05, 0.1) is 6.17 Å². The summed E-state index contributed by atoms with van der Waals surface area (Å²) in [7, 11) is 0. The van der Waals surface area contributed by atoms with E-state index in [9.17, 15) is 0 Å². The van der Waals surface area contributed by atoms with Crippen molar-refractivity contribution in [2.24, 2.45) is 11.5 Å². The Labute approximate surface area is 50.7 Å². The summed E-state index contributed by atoms with van der Waals surface area (Å²) < 4.78 is 0. The van der Waals surface area contributed by atoms with E-state index < -0.39 is 0 Å². The van der Waals surface area contributed by atoms with Gasteiger partial charge in [0, 0.05) is 6.61 Å². The van der Waals surface area contributed by atoms with E-state index in [1.807, 2.05) is 6.92 Å². The van der Waals surface area contributed by atoms with Crippen molar-refractivity contribution in [3.05, 3.63) is 0 Å².